The largest absolute Gasteiger partial charge is 4.00 e. The molecule has 0 aliphatic heterocycles. The Morgan fingerprint density at radius 2 is 0.881 bits per heavy atom. The van der Waals surface area contributed by atoms with Gasteiger partial charge in [-0.1, -0.05) is 132 Å². The minimum Gasteiger partial charge on any atom is -2.00 e. The molecule has 0 N–H and O–H groups in total. The molecule has 0 bridgehead atoms. The van der Waals surface area contributed by atoms with Crippen molar-refractivity contribution in [1.82, 2.24) is 0 Å². The third kappa shape index (κ3) is 9.21. The minimum absolute atomic E-state index is 0. The van der Waals surface area contributed by atoms with Crippen molar-refractivity contribution in [2.24, 2.45) is 9.98 Å². The van der Waals surface area contributed by atoms with Crippen LogP contribution < -0.4 is 10.2 Å². The maximum Gasteiger partial charge on any atom is 4.00 e. The second kappa shape index (κ2) is 13.7. The summed E-state index contributed by atoms with van der Waals surface area (Å²) in [4.78, 5) is 9.95. The van der Waals surface area contributed by atoms with Crippen LogP contribution >= 0.6 is 0 Å². The molecule has 0 saturated heterocycles. The molecule has 6 heteroatoms. The molecule has 229 valence electrons. The first-order chi connectivity index (χ1) is 18.2. The fourth-order valence-corrected chi connectivity index (χ4v) is 5.27. The quantitative estimate of drug-likeness (QED) is 0.330. The minimum atomic E-state index is -0.248. The number of benzene rings is 2. The summed E-state index contributed by atoms with van der Waals surface area (Å²) in [6.07, 6.45) is 7.63. The zero-order valence-electron chi connectivity index (χ0n) is 28.0. The van der Waals surface area contributed by atoms with Crippen molar-refractivity contribution >= 4 is 12.4 Å². The third-order valence-corrected chi connectivity index (χ3v) is 8.09. The van der Waals surface area contributed by atoms with E-state index in [1.807, 2.05) is 12.1 Å². The van der Waals surface area contributed by atoms with Crippen LogP contribution in [0.15, 0.2) is 34.3 Å². The van der Waals surface area contributed by atoms with Gasteiger partial charge < -0.3 is 15.7 Å². The number of hydrogen-bond acceptors (Lipinski definition) is 4. The number of rotatable bonds is 4. The normalized spacial score (nSPS) is 18.7. The summed E-state index contributed by atoms with van der Waals surface area (Å²) in [5.74, 6) is 0.120. The summed E-state index contributed by atoms with van der Waals surface area (Å²) in [5.41, 5.74) is 4.62. The molecule has 1 fully saturated rings. The second-order valence-electron chi connectivity index (χ2n) is 15.9. The molecule has 3 rings (SSSR count). The molecule has 0 aromatic heterocycles. The van der Waals surface area contributed by atoms with Crippen molar-refractivity contribution in [1.29, 1.82) is 0 Å². The van der Waals surface area contributed by atoms with E-state index in [9.17, 15) is 10.2 Å². The van der Waals surface area contributed by atoms with Crippen molar-refractivity contribution < 1.29 is 34.2 Å². The first kappa shape index (κ1) is 37.9. The molecular formula is C36H52N2O3V. The fraction of sp³-hybridized carbons (Fsp3) is 0.611. The molecule has 1 radical (unpaired) electrons. The van der Waals surface area contributed by atoms with Crippen molar-refractivity contribution in [2.75, 3.05) is 0 Å². The molecule has 1 saturated carbocycles. The van der Waals surface area contributed by atoms with E-state index in [1.165, 1.54) is 0 Å². The van der Waals surface area contributed by atoms with Gasteiger partial charge in [-0.2, -0.15) is 0 Å². The van der Waals surface area contributed by atoms with Crippen LogP contribution in [0, 0.1) is 0 Å². The smallest absolute Gasteiger partial charge is 2.00 e. The Morgan fingerprint density at radius 3 is 1.14 bits per heavy atom. The summed E-state index contributed by atoms with van der Waals surface area (Å²) >= 11 is 0. The molecule has 2 aromatic rings. The number of hydrogen-bond donors (Lipinski definition) is 0. The van der Waals surface area contributed by atoms with Crippen LogP contribution in [0.25, 0.3) is 0 Å². The summed E-state index contributed by atoms with van der Waals surface area (Å²) in [6, 6.07) is 8.15. The first-order valence-electron chi connectivity index (χ1n) is 15.0. The molecule has 2 aromatic carbocycles. The topological polar surface area (TPSA) is 99.3 Å². The Labute approximate surface area is 267 Å². The molecule has 0 amide bonds. The summed E-state index contributed by atoms with van der Waals surface area (Å²) < 4.78 is 0. The van der Waals surface area contributed by atoms with Gasteiger partial charge in [-0.3, -0.25) is 9.98 Å². The van der Waals surface area contributed by atoms with Gasteiger partial charge in [-0.15, -0.1) is 0 Å². The van der Waals surface area contributed by atoms with Crippen molar-refractivity contribution in [2.45, 2.75) is 143 Å². The van der Waals surface area contributed by atoms with Crippen LogP contribution in [0.3, 0.4) is 0 Å². The van der Waals surface area contributed by atoms with E-state index in [0.717, 1.165) is 47.9 Å². The van der Waals surface area contributed by atoms with Crippen molar-refractivity contribution in [3.05, 3.63) is 57.6 Å². The van der Waals surface area contributed by atoms with Gasteiger partial charge in [-0.05, 0) is 67.9 Å². The van der Waals surface area contributed by atoms with Crippen LogP contribution in [0.2, 0.25) is 0 Å². The molecule has 2 atom stereocenters. The second-order valence-corrected chi connectivity index (χ2v) is 15.9. The molecule has 0 heterocycles. The van der Waals surface area contributed by atoms with E-state index >= 15 is 0 Å². The van der Waals surface area contributed by atoms with Gasteiger partial charge in [-0.25, -0.2) is 0 Å². The van der Waals surface area contributed by atoms with Crippen LogP contribution in [0.4, 0.5) is 0 Å². The molecule has 5 nitrogen and oxygen atoms in total. The molecule has 0 unspecified atom stereocenters. The molecular weight excluding hydrogens is 559 g/mol. The van der Waals surface area contributed by atoms with Gasteiger partial charge in [0.25, 0.3) is 0 Å². The van der Waals surface area contributed by atoms with Crippen LogP contribution in [0.5, 0.6) is 11.5 Å². The molecule has 1 aliphatic carbocycles. The average Bonchev–Trinajstić information content (AvgIpc) is 2.80. The predicted octanol–water partition coefficient (Wildman–Crippen LogP) is 7.75. The van der Waals surface area contributed by atoms with Crippen LogP contribution in [0.1, 0.15) is 142 Å². The van der Waals surface area contributed by atoms with Gasteiger partial charge in [0.2, 0.25) is 0 Å². The number of aliphatic imine (C=N–C) groups is 2. The number of nitrogens with zero attached hydrogens (tertiary/aromatic N) is 2. The Balaban J connectivity index is 0.00000441. The van der Waals surface area contributed by atoms with Gasteiger partial charge in [0, 0.05) is 12.4 Å². The van der Waals surface area contributed by atoms with E-state index < -0.39 is 0 Å². The van der Waals surface area contributed by atoms with E-state index in [-0.39, 0.29) is 69.3 Å². The maximum atomic E-state index is 13.5. The average molecular weight is 612 g/mol. The van der Waals surface area contributed by atoms with E-state index in [0.29, 0.717) is 11.1 Å². The van der Waals surface area contributed by atoms with Crippen LogP contribution in [-0.4, -0.2) is 24.5 Å². The Hall–Kier alpha value is -2.08. The Kier molecular flexibility index (Phi) is 12.4. The first-order valence-corrected chi connectivity index (χ1v) is 15.0. The SMILES string of the molecule is CC(C)(C)c1cc(C=N[C@H]2CCCC[C@@H]2N=Cc2cc(C(C)(C)C)cc(C(C)(C)C)c2[O-])c([O-])c(C(C)(C)C)c1.[O-2].[V+4]. The predicted molar refractivity (Wildman–Crippen MR) is 168 cm³/mol. The van der Waals surface area contributed by atoms with Gasteiger partial charge in [0.05, 0.1) is 12.1 Å². The Morgan fingerprint density at radius 1 is 0.571 bits per heavy atom. The Bertz CT molecular complexity index is 1170. The van der Waals surface area contributed by atoms with E-state index in [2.05, 4.69) is 95.2 Å². The van der Waals surface area contributed by atoms with Crippen molar-refractivity contribution in [3.63, 3.8) is 0 Å². The van der Waals surface area contributed by atoms with Crippen molar-refractivity contribution in [3.8, 4) is 11.5 Å². The molecule has 42 heavy (non-hydrogen) atoms. The van der Waals surface area contributed by atoms with Gasteiger partial charge >= 0.3 is 18.6 Å². The molecule has 0 spiro atoms. The van der Waals surface area contributed by atoms with Gasteiger partial charge in [0.15, 0.2) is 0 Å². The zero-order chi connectivity index (χ0) is 30.3. The standard InChI is InChI=1S/C36H54N2O2.O.V/c1-33(2,3)25-17-23(31(39)27(19-25)35(7,8)9)21-37-29-15-13-14-16-30(29)38-22-24-18-26(34(4,5)6)20-28(32(24)40)36(10,11)12;;/h17-22,29-30,39-40H,13-16H2,1-12H3;;/q;-2;+4/p-2/t29-,30-;;/m0../s1. The summed E-state index contributed by atoms with van der Waals surface area (Å²) in [7, 11) is 0. The molecule has 1 aliphatic rings. The van der Waals surface area contributed by atoms with Gasteiger partial charge in [0.1, 0.15) is 0 Å². The summed E-state index contributed by atoms with van der Waals surface area (Å²) in [5, 5.41) is 26.9. The third-order valence-electron chi connectivity index (χ3n) is 8.09. The van der Waals surface area contributed by atoms with Crippen LogP contribution in [-0.2, 0) is 45.7 Å². The fourth-order valence-electron chi connectivity index (χ4n) is 5.27. The van der Waals surface area contributed by atoms with E-state index in [1.54, 1.807) is 12.4 Å². The zero-order valence-corrected chi connectivity index (χ0v) is 29.4. The maximum absolute atomic E-state index is 13.5. The monoisotopic (exact) mass is 611 g/mol. The summed E-state index contributed by atoms with van der Waals surface area (Å²) in [6.45, 7) is 25.6. The van der Waals surface area contributed by atoms with E-state index in [4.69, 9.17) is 9.98 Å².